The minimum atomic E-state index is -0.518. The first-order valence-corrected chi connectivity index (χ1v) is 8.97. The number of hydrogen-bond donors (Lipinski definition) is 1. The molecule has 1 aliphatic heterocycles. The number of rotatable bonds is 6. The van der Waals surface area contributed by atoms with E-state index in [1.54, 1.807) is 6.92 Å². The fraction of sp³-hybridized carbons (Fsp3) is 0.316. The number of hydrogen-bond acceptors (Lipinski definition) is 7. The van der Waals surface area contributed by atoms with Gasteiger partial charge in [0.25, 0.3) is 0 Å². The summed E-state index contributed by atoms with van der Waals surface area (Å²) in [5.41, 5.74) is 2.30. The fourth-order valence-electron chi connectivity index (χ4n) is 2.72. The number of benzene rings is 1. The van der Waals surface area contributed by atoms with E-state index in [1.807, 2.05) is 30.3 Å². The number of nitrogens with one attached hydrogen (secondary N) is 1. The highest BCUT2D eigenvalue weighted by molar-refractivity contribution is 8.03. The Morgan fingerprint density at radius 1 is 1.23 bits per heavy atom. The zero-order valence-electron chi connectivity index (χ0n) is 14.9. The van der Waals surface area contributed by atoms with Crippen molar-refractivity contribution in [2.45, 2.75) is 19.3 Å². The molecule has 1 unspecified atom stereocenters. The number of carbonyl (C=O) groups excluding carboxylic acids is 2. The highest BCUT2D eigenvalue weighted by Crippen LogP contribution is 2.40. The van der Waals surface area contributed by atoms with Gasteiger partial charge in [-0.25, -0.2) is 4.79 Å². The van der Waals surface area contributed by atoms with Crippen molar-refractivity contribution in [3.63, 3.8) is 0 Å². The molecule has 1 aromatic rings. The van der Waals surface area contributed by atoms with Gasteiger partial charge in [0, 0.05) is 11.4 Å². The van der Waals surface area contributed by atoms with Gasteiger partial charge in [-0.3, -0.25) is 4.79 Å². The molecular weight excluding hydrogens is 352 g/mol. The van der Waals surface area contributed by atoms with Gasteiger partial charge in [0.2, 0.25) is 0 Å². The van der Waals surface area contributed by atoms with Crippen molar-refractivity contribution in [3.05, 3.63) is 57.8 Å². The average Bonchev–Trinajstić information content (AvgIpc) is 2.67. The second kappa shape index (κ2) is 9.11. The molecule has 1 atom stereocenters. The van der Waals surface area contributed by atoms with E-state index in [-0.39, 0.29) is 12.4 Å². The molecule has 0 aliphatic carbocycles. The third kappa shape index (κ3) is 4.27. The standard InChI is InChI=1S/C19H20N2O4S/c1-12-16(19(23)25-3)17(13-7-5-4-6-8-13)14(11-20)18(21-12)26-10-9-15(22)24-2/h4-8,17,21H,9-10H2,1-3H3. The summed E-state index contributed by atoms with van der Waals surface area (Å²) in [6, 6.07) is 11.6. The molecule has 0 saturated carbocycles. The normalized spacial score (nSPS) is 16.6. The van der Waals surface area contributed by atoms with Gasteiger partial charge in [-0.15, -0.1) is 11.8 Å². The molecule has 0 fully saturated rings. The number of carbonyl (C=O) groups is 2. The van der Waals surface area contributed by atoms with Crippen LogP contribution < -0.4 is 5.32 Å². The minimum Gasteiger partial charge on any atom is -0.469 e. The van der Waals surface area contributed by atoms with Gasteiger partial charge in [-0.2, -0.15) is 5.26 Å². The Kier molecular flexibility index (Phi) is 6.87. The molecule has 7 heteroatoms. The number of dihydropyridines is 1. The molecule has 0 amide bonds. The quantitative estimate of drug-likeness (QED) is 0.768. The molecule has 6 nitrogen and oxygen atoms in total. The van der Waals surface area contributed by atoms with Gasteiger partial charge in [0.1, 0.15) is 0 Å². The molecule has 1 aliphatic rings. The zero-order valence-corrected chi connectivity index (χ0v) is 15.7. The van der Waals surface area contributed by atoms with Crippen LogP contribution in [-0.4, -0.2) is 31.9 Å². The van der Waals surface area contributed by atoms with Crippen molar-refractivity contribution < 1.29 is 19.1 Å². The third-order valence-corrected chi connectivity index (χ3v) is 4.98. The summed E-state index contributed by atoms with van der Waals surface area (Å²) in [4.78, 5) is 23.7. The molecule has 0 saturated heterocycles. The molecule has 1 N–H and O–H groups in total. The Morgan fingerprint density at radius 2 is 1.92 bits per heavy atom. The molecule has 136 valence electrons. The average molecular weight is 372 g/mol. The first kappa shape index (κ1) is 19.6. The summed E-state index contributed by atoms with van der Waals surface area (Å²) < 4.78 is 9.57. The Hall–Kier alpha value is -2.72. The van der Waals surface area contributed by atoms with Crippen LogP contribution in [0.4, 0.5) is 0 Å². The van der Waals surface area contributed by atoms with E-state index in [2.05, 4.69) is 16.1 Å². The van der Waals surface area contributed by atoms with Crippen LogP contribution in [0.5, 0.6) is 0 Å². The lowest BCUT2D eigenvalue weighted by Crippen LogP contribution is -2.28. The summed E-state index contributed by atoms with van der Waals surface area (Å²) in [7, 11) is 2.66. The number of thioether (sulfide) groups is 1. The van der Waals surface area contributed by atoms with E-state index < -0.39 is 11.9 Å². The monoisotopic (exact) mass is 372 g/mol. The molecule has 26 heavy (non-hydrogen) atoms. The largest absolute Gasteiger partial charge is 0.469 e. The van der Waals surface area contributed by atoms with Crippen molar-refractivity contribution in [2.75, 3.05) is 20.0 Å². The lowest BCUT2D eigenvalue weighted by Gasteiger charge is -2.29. The predicted octanol–water partition coefficient (Wildman–Crippen LogP) is 2.85. The Balaban J connectivity index is 2.43. The molecule has 1 heterocycles. The first-order valence-electron chi connectivity index (χ1n) is 7.98. The second-order valence-electron chi connectivity index (χ2n) is 5.53. The molecule has 0 radical (unpaired) electrons. The number of ether oxygens (including phenoxy) is 2. The SMILES string of the molecule is COC(=O)CCSC1=C(C#N)C(c2ccccc2)C(C(=O)OC)=C(C)N1. The highest BCUT2D eigenvalue weighted by Gasteiger charge is 2.35. The van der Waals surface area contributed by atoms with Crippen LogP contribution in [0.2, 0.25) is 0 Å². The molecule has 1 aromatic carbocycles. The van der Waals surface area contributed by atoms with Crippen LogP contribution in [0, 0.1) is 11.3 Å². The molecular formula is C19H20N2O4S. The maximum atomic E-state index is 12.4. The maximum Gasteiger partial charge on any atom is 0.336 e. The third-order valence-electron chi connectivity index (χ3n) is 3.97. The van der Waals surface area contributed by atoms with Crippen LogP contribution in [0.1, 0.15) is 24.8 Å². The van der Waals surface area contributed by atoms with E-state index in [0.717, 1.165) is 5.56 Å². The number of nitrogens with zero attached hydrogens (tertiary/aromatic N) is 1. The molecule has 0 spiro atoms. The van der Waals surface area contributed by atoms with Gasteiger partial charge >= 0.3 is 11.9 Å². The summed E-state index contributed by atoms with van der Waals surface area (Å²) in [5.74, 6) is -0.844. The van der Waals surface area contributed by atoms with Gasteiger partial charge in [-0.05, 0) is 12.5 Å². The van der Waals surface area contributed by atoms with Crippen LogP contribution in [-0.2, 0) is 19.1 Å². The summed E-state index contributed by atoms with van der Waals surface area (Å²) in [6.45, 7) is 1.78. The van der Waals surface area contributed by atoms with Crippen LogP contribution in [0.3, 0.4) is 0 Å². The van der Waals surface area contributed by atoms with E-state index in [4.69, 9.17) is 4.74 Å². The lowest BCUT2D eigenvalue weighted by molar-refractivity contribution is -0.140. The van der Waals surface area contributed by atoms with E-state index in [9.17, 15) is 14.9 Å². The predicted molar refractivity (Wildman–Crippen MR) is 98.8 cm³/mol. The van der Waals surface area contributed by atoms with Gasteiger partial charge in [0.15, 0.2) is 0 Å². The molecule has 2 rings (SSSR count). The summed E-state index contributed by atoms with van der Waals surface area (Å²) >= 11 is 1.36. The van der Waals surface area contributed by atoms with Crippen LogP contribution in [0.15, 0.2) is 52.2 Å². The Bertz CT molecular complexity index is 794. The van der Waals surface area contributed by atoms with E-state index >= 15 is 0 Å². The van der Waals surface area contributed by atoms with E-state index in [1.165, 1.54) is 26.0 Å². The van der Waals surface area contributed by atoms with Crippen molar-refractivity contribution in [2.24, 2.45) is 0 Å². The maximum absolute atomic E-state index is 12.4. The minimum absolute atomic E-state index is 0.230. The Labute approximate surface area is 156 Å². The van der Waals surface area contributed by atoms with Crippen molar-refractivity contribution in [3.8, 4) is 6.07 Å². The number of allylic oxidation sites excluding steroid dienone is 2. The topological polar surface area (TPSA) is 88.4 Å². The van der Waals surface area contributed by atoms with Crippen molar-refractivity contribution in [1.82, 2.24) is 5.32 Å². The van der Waals surface area contributed by atoms with E-state index in [0.29, 0.717) is 27.6 Å². The first-order chi connectivity index (χ1) is 12.5. The smallest absolute Gasteiger partial charge is 0.336 e. The molecule has 0 bridgehead atoms. The van der Waals surface area contributed by atoms with Gasteiger partial charge in [0.05, 0.1) is 48.8 Å². The fourth-order valence-corrected chi connectivity index (χ4v) is 3.74. The number of esters is 2. The molecule has 0 aromatic heterocycles. The van der Waals surface area contributed by atoms with Crippen molar-refractivity contribution >= 4 is 23.7 Å². The van der Waals surface area contributed by atoms with Crippen molar-refractivity contribution in [1.29, 1.82) is 5.26 Å². The summed E-state index contributed by atoms with van der Waals surface area (Å²) in [6.07, 6.45) is 0.230. The van der Waals surface area contributed by atoms with Crippen LogP contribution in [0.25, 0.3) is 0 Å². The lowest BCUT2D eigenvalue weighted by atomic mass is 9.82. The summed E-state index contributed by atoms with van der Waals surface area (Å²) in [5, 5.41) is 13.5. The number of methoxy groups -OCH3 is 2. The number of nitriles is 1. The Morgan fingerprint density at radius 3 is 2.50 bits per heavy atom. The second-order valence-corrected chi connectivity index (χ2v) is 6.63. The van der Waals surface area contributed by atoms with Gasteiger partial charge in [-0.1, -0.05) is 30.3 Å². The zero-order chi connectivity index (χ0) is 19.1. The van der Waals surface area contributed by atoms with Crippen LogP contribution >= 0.6 is 11.8 Å². The highest BCUT2D eigenvalue weighted by atomic mass is 32.2. The van der Waals surface area contributed by atoms with Gasteiger partial charge < -0.3 is 14.8 Å².